The summed E-state index contributed by atoms with van der Waals surface area (Å²) < 4.78 is 0. The van der Waals surface area contributed by atoms with Crippen LogP contribution >= 0.6 is 0 Å². The van der Waals surface area contributed by atoms with Crippen LogP contribution in [0.15, 0.2) is 12.2 Å². The van der Waals surface area contributed by atoms with Crippen LogP contribution in [0.2, 0.25) is 0 Å². The van der Waals surface area contributed by atoms with Gasteiger partial charge in [0.2, 0.25) is 0 Å². The van der Waals surface area contributed by atoms with Crippen molar-refractivity contribution in [2.45, 2.75) is 51.0 Å². The molecule has 3 aliphatic carbocycles. The van der Waals surface area contributed by atoms with E-state index in [9.17, 15) is 5.11 Å². The Balaban J connectivity index is 1.43. The molecule has 2 fully saturated rings. The highest BCUT2D eigenvalue weighted by Gasteiger charge is 2.36. The quantitative estimate of drug-likeness (QED) is 0.751. The molecular weight excluding hydrogens is 222 g/mol. The molecule has 0 aliphatic heterocycles. The normalized spacial score (nSPS) is 46.8. The molecule has 0 aromatic carbocycles. The Morgan fingerprint density at radius 3 is 2.89 bits per heavy atom. The Labute approximate surface area is 111 Å². The van der Waals surface area contributed by atoms with Crippen LogP contribution in [-0.4, -0.2) is 23.8 Å². The van der Waals surface area contributed by atoms with Gasteiger partial charge in [-0.3, -0.25) is 0 Å². The standard InChI is InChI=1S/C16H27NO/c1-12-3-2-6-16(18,9-12)11-17-10-15-8-13-4-5-14(15)7-13/h4-5,12-15,17-18H,2-3,6-11H2,1H3. The van der Waals surface area contributed by atoms with Crippen molar-refractivity contribution in [3.63, 3.8) is 0 Å². The molecule has 0 spiro atoms. The van der Waals surface area contributed by atoms with Crippen LogP contribution in [0, 0.1) is 23.7 Å². The Bertz CT molecular complexity index is 327. The van der Waals surface area contributed by atoms with Gasteiger partial charge >= 0.3 is 0 Å². The molecule has 3 rings (SSSR count). The van der Waals surface area contributed by atoms with E-state index < -0.39 is 5.60 Å². The smallest absolute Gasteiger partial charge is 0.0774 e. The zero-order chi connectivity index (χ0) is 12.6. The molecule has 5 unspecified atom stereocenters. The van der Waals surface area contributed by atoms with E-state index in [2.05, 4.69) is 24.4 Å². The molecule has 0 radical (unpaired) electrons. The minimum atomic E-state index is -0.425. The Morgan fingerprint density at radius 2 is 2.22 bits per heavy atom. The summed E-state index contributed by atoms with van der Waals surface area (Å²) in [5.74, 6) is 3.20. The van der Waals surface area contributed by atoms with E-state index in [4.69, 9.17) is 0 Å². The van der Waals surface area contributed by atoms with Gasteiger partial charge in [-0.25, -0.2) is 0 Å². The SMILES string of the molecule is CC1CCCC(O)(CNCC2CC3C=CC2C3)C1. The molecule has 18 heavy (non-hydrogen) atoms. The number of allylic oxidation sites excluding steroid dienone is 2. The fourth-order valence-corrected chi connectivity index (χ4v) is 4.41. The number of nitrogens with one attached hydrogen (secondary N) is 1. The minimum absolute atomic E-state index is 0.425. The summed E-state index contributed by atoms with van der Waals surface area (Å²) in [6.45, 7) is 4.17. The van der Waals surface area contributed by atoms with Crippen LogP contribution < -0.4 is 5.32 Å². The molecule has 0 saturated heterocycles. The fraction of sp³-hybridized carbons (Fsp3) is 0.875. The third-order valence-corrected chi connectivity index (χ3v) is 5.34. The topological polar surface area (TPSA) is 32.3 Å². The van der Waals surface area contributed by atoms with Gasteiger partial charge in [0.1, 0.15) is 0 Å². The first-order valence-electron chi connectivity index (χ1n) is 7.76. The lowest BCUT2D eigenvalue weighted by Crippen LogP contribution is -2.45. The largest absolute Gasteiger partial charge is 0.389 e. The molecule has 2 N–H and O–H groups in total. The van der Waals surface area contributed by atoms with Crippen molar-refractivity contribution in [3.05, 3.63) is 12.2 Å². The zero-order valence-electron chi connectivity index (χ0n) is 11.6. The highest BCUT2D eigenvalue weighted by molar-refractivity contribution is 5.10. The van der Waals surface area contributed by atoms with Crippen LogP contribution in [0.25, 0.3) is 0 Å². The van der Waals surface area contributed by atoms with Crippen LogP contribution in [0.1, 0.15) is 45.4 Å². The molecule has 0 aromatic rings. The third kappa shape index (κ3) is 2.65. The number of aliphatic hydroxyl groups is 1. The summed E-state index contributed by atoms with van der Waals surface area (Å²) in [5.41, 5.74) is -0.425. The Morgan fingerprint density at radius 1 is 1.33 bits per heavy atom. The van der Waals surface area contributed by atoms with Gasteiger partial charge in [0.15, 0.2) is 0 Å². The van der Waals surface area contributed by atoms with Crippen LogP contribution in [-0.2, 0) is 0 Å². The molecule has 2 nitrogen and oxygen atoms in total. The zero-order valence-corrected chi connectivity index (χ0v) is 11.6. The maximum absolute atomic E-state index is 10.6. The summed E-state index contributed by atoms with van der Waals surface area (Å²) in [6, 6.07) is 0. The molecule has 2 heteroatoms. The average Bonchev–Trinajstić information content (AvgIpc) is 2.90. The van der Waals surface area contributed by atoms with E-state index in [1.807, 2.05) is 0 Å². The van der Waals surface area contributed by atoms with E-state index in [1.54, 1.807) is 0 Å². The molecule has 5 atom stereocenters. The fourth-order valence-electron chi connectivity index (χ4n) is 4.41. The number of rotatable bonds is 4. The molecule has 3 aliphatic rings. The summed E-state index contributed by atoms with van der Waals surface area (Å²) in [6.07, 6.45) is 12.0. The predicted molar refractivity (Wildman–Crippen MR) is 74.3 cm³/mol. The van der Waals surface area contributed by atoms with Gasteiger partial charge in [-0.15, -0.1) is 0 Å². The van der Waals surface area contributed by atoms with E-state index in [1.165, 1.54) is 25.7 Å². The van der Waals surface area contributed by atoms with Gasteiger partial charge in [0.25, 0.3) is 0 Å². The Kier molecular flexibility index (Phi) is 3.50. The van der Waals surface area contributed by atoms with Gasteiger partial charge in [0, 0.05) is 6.54 Å². The Hall–Kier alpha value is -0.340. The summed E-state index contributed by atoms with van der Waals surface area (Å²) in [5, 5.41) is 14.1. The van der Waals surface area contributed by atoms with E-state index in [0.29, 0.717) is 5.92 Å². The molecule has 0 aromatic heterocycles. The summed E-state index contributed by atoms with van der Waals surface area (Å²) >= 11 is 0. The second-order valence-electron chi connectivity index (χ2n) is 7.10. The van der Waals surface area contributed by atoms with Gasteiger partial charge in [0.05, 0.1) is 5.60 Å². The van der Waals surface area contributed by atoms with Crippen molar-refractivity contribution in [3.8, 4) is 0 Å². The average molecular weight is 249 g/mol. The number of fused-ring (bicyclic) bond motifs is 2. The maximum Gasteiger partial charge on any atom is 0.0774 e. The lowest BCUT2D eigenvalue weighted by molar-refractivity contribution is -0.0123. The lowest BCUT2D eigenvalue weighted by atomic mass is 9.79. The number of hydrogen-bond donors (Lipinski definition) is 2. The third-order valence-electron chi connectivity index (χ3n) is 5.34. The van der Waals surface area contributed by atoms with Crippen molar-refractivity contribution >= 4 is 0 Å². The van der Waals surface area contributed by atoms with Crippen LogP contribution in [0.5, 0.6) is 0 Å². The highest BCUT2D eigenvalue weighted by atomic mass is 16.3. The predicted octanol–water partition coefficient (Wildman–Crippen LogP) is 2.73. The van der Waals surface area contributed by atoms with Gasteiger partial charge in [-0.2, -0.15) is 0 Å². The van der Waals surface area contributed by atoms with E-state index in [0.717, 1.165) is 43.7 Å². The summed E-state index contributed by atoms with van der Waals surface area (Å²) in [7, 11) is 0. The molecular formula is C16H27NO. The highest BCUT2D eigenvalue weighted by Crippen LogP contribution is 2.43. The monoisotopic (exact) mass is 249 g/mol. The molecule has 102 valence electrons. The van der Waals surface area contributed by atoms with Crippen molar-refractivity contribution in [1.29, 1.82) is 0 Å². The van der Waals surface area contributed by atoms with Gasteiger partial charge in [-0.1, -0.05) is 31.9 Å². The molecule has 0 amide bonds. The maximum atomic E-state index is 10.6. The molecule has 0 heterocycles. The van der Waals surface area contributed by atoms with Crippen molar-refractivity contribution in [2.24, 2.45) is 23.7 Å². The van der Waals surface area contributed by atoms with Crippen molar-refractivity contribution in [1.82, 2.24) is 5.32 Å². The van der Waals surface area contributed by atoms with Crippen molar-refractivity contribution < 1.29 is 5.11 Å². The van der Waals surface area contributed by atoms with Crippen LogP contribution in [0.3, 0.4) is 0 Å². The van der Waals surface area contributed by atoms with Gasteiger partial charge in [-0.05, 0) is 55.9 Å². The number of hydrogen-bond acceptors (Lipinski definition) is 2. The summed E-state index contributed by atoms with van der Waals surface area (Å²) in [4.78, 5) is 0. The second kappa shape index (κ2) is 4.97. The lowest BCUT2D eigenvalue weighted by Gasteiger charge is -2.36. The first-order valence-corrected chi connectivity index (χ1v) is 7.76. The minimum Gasteiger partial charge on any atom is -0.389 e. The van der Waals surface area contributed by atoms with Crippen molar-refractivity contribution in [2.75, 3.05) is 13.1 Å². The molecule has 2 saturated carbocycles. The molecule has 2 bridgehead atoms. The van der Waals surface area contributed by atoms with E-state index >= 15 is 0 Å². The first kappa shape index (κ1) is 12.7. The van der Waals surface area contributed by atoms with Gasteiger partial charge < -0.3 is 10.4 Å². The second-order valence-corrected chi connectivity index (χ2v) is 7.10. The first-order chi connectivity index (χ1) is 8.65. The van der Waals surface area contributed by atoms with Crippen LogP contribution in [0.4, 0.5) is 0 Å². The van der Waals surface area contributed by atoms with E-state index in [-0.39, 0.29) is 0 Å².